The number of aromatic nitrogens is 2. The lowest BCUT2D eigenvalue weighted by Gasteiger charge is -2.26. The fourth-order valence-electron chi connectivity index (χ4n) is 3.44. The zero-order valence-corrected chi connectivity index (χ0v) is 15.5. The highest BCUT2D eigenvalue weighted by Crippen LogP contribution is 2.29. The molecule has 0 spiro atoms. The SMILES string of the molecule is O=C(Nc1n[nH]c2c1CCN(Cc1ccccc1)C2)c1ccc(C(F)(F)F)cc1. The summed E-state index contributed by atoms with van der Waals surface area (Å²) in [6.07, 6.45) is -3.71. The van der Waals surface area contributed by atoms with E-state index in [9.17, 15) is 18.0 Å². The normalized spacial score (nSPS) is 14.4. The van der Waals surface area contributed by atoms with Crippen molar-refractivity contribution in [1.82, 2.24) is 15.1 Å². The molecular formula is C21H19F3N4O. The van der Waals surface area contributed by atoms with Gasteiger partial charge >= 0.3 is 6.18 Å². The van der Waals surface area contributed by atoms with Crippen LogP contribution in [-0.2, 0) is 25.7 Å². The van der Waals surface area contributed by atoms with Gasteiger partial charge in [0.05, 0.1) is 11.3 Å². The van der Waals surface area contributed by atoms with E-state index in [0.717, 1.165) is 42.9 Å². The summed E-state index contributed by atoms with van der Waals surface area (Å²) in [5.74, 6) is -0.0519. The van der Waals surface area contributed by atoms with Crippen molar-refractivity contribution in [3.05, 3.63) is 82.5 Å². The number of H-pyrrole nitrogens is 1. The number of carbonyl (C=O) groups excluding carboxylic acids is 1. The van der Waals surface area contributed by atoms with E-state index in [-0.39, 0.29) is 5.56 Å². The Morgan fingerprint density at radius 3 is 2.52 bits per heavy atom. The number of benzene rings is 2. The van der Waals surface area contributed by atoms with Crippen molar-refractivity contribution in [2.75, 3.05) is 11.9 Å². The average Bonchev–Trinajstić information content (AvgIpc) is 3.10. The number of anilines is 1. The number of alkyl halides is 3. The van der Waals surface area contributed by atoms with E-state index in [1.807, 2.05) is 18.2 Å². The van der Waals surface area contributed by atoms with Crippen LogP contribution in [0.15, 0.2) is 54.6 Å². The first-order chi connectivity index (χ1) is 13.9. The molecule has 3 aromatic rings. The third kappa shape index (κ3) is 4.32. The molecule has 4 rings (SSSR count). The Morgan fingerprint density at radius 2 is 1.83 bits per heavy atom. The van der Waals surface area contributed by atoms with Crippen molar-refractivity contribution >= 4 is 11.7 Å². The molecule has 0 aliphatic carbocycles. The van der Waals surface area contributed by atoms with Gasteiger partial charge in [-0.1, -0.05) is 30.3 Å². The highest BCUT2D eigenvalue weighted by molar-refractivity contribution is 6.04. The van der Waals surface area contributed by atoms with Gasteiger partial charge in [-0.3, -0.25) is 14.8 Å². The van der Waals surface area contributed by atoms with Crippen LogP contribution in [0.3, 0.4) is 0 Å². The minimum atomic E-state index is -4.43. The van der Waals surface area contributed by atoms with Gasteiger partial charge in [-0.15, -0.1) is 0 Å². The van der Waals surface area contributed by atoms with Crippen molar-refractivity contribution in [3.63, 3.8) is 0 Å². The lowest BCUT2D eigenvalue weighted by Crippen LogP contribution is -2.30. The number of amides is 1. The van der Waals surface area contributed by atoms with Gasteiger partial charge in [0.1, 0.15) is 0 Å². The fourth-order valence-corrected chi connectivity index (χ4v) is 3.44. The van der Waals surface area contributed by atoms with E-state index < -0.39 is 17.6 Å². The Morgan fingerprint density at radius 1 is 1.10 bits per heavy atom. The number of halogens is 3. The van der Waals surface area contributed by atoms with Gasteiger partial charge in [0.15, 0.2) is 5.82 Å². The number of nitrogens with zero attached hydrogens (tertiary/aromatic N) is 2. The number of hydrogen-bond acceptors (Lipinski definition) is 3. The summed E-state index contributed by atoms with van der Waals surface area (Å²) in [7, 11) is 0. The minimum Gasteiger partial charge on any atom is -0.305 e. The first kappa shape index (κ1) is 19.2. The zero-order chi connectivity index (χ0) is 20.4. The van der Waals surface area contributed by atoms with E-state index in [0.29, 0.717) is 12.4 Å². The molecule has 0 saturated carbocycles. The van der Waals surface area contributed by atoms with Gasteiger partial charge in [-0.05, 0) is 36.2 Å². The monoisotopic (exact) mass is 400 g/mol. The maximum atomic E-state index is 12.7. The molecule has 0 bridgehead atoms. The largest absolute Gasteiger partial charge is 0.416 e. The Hall–Kier alpha value is -3.13. The van der Waals surface area contributed by atoms with E-state index in [1.54, 1.807) is 0 Å². The molecule has 2 aromatic carbocycles. The number of nitrogens with one attached hydrogen (secondary N) is 2. The van der Waals surface area contributed by atoms with E-state index in [2.05, 4.69) is 32.5 Å². The standard InChI is InChI=1S/C21H19F3N4O/c22-21(23,24)16-8-6-15(7-9-16)20(29)25-19-17-10-11-28(13-18(17)26-27-19)12-14-4-2-1-3-5-14/h1-9H,10-13H2,(H2,25,26,27,29). The summed E-state index contributed by atoms with van der Waals surface area (Å²) in [6.45, 7) is 2.34. The van der Waals surface area contributed by atoms with Gasteiger partial charge in [0, 0.05) is 30.8 Å². The summed E-state index contributed by atoms with van der Waals surface area (Å²) in [5.41, 5.74) is 2.47. The molecule has 2 heterocycles. The van der Waals surface area contributed by atoms with Crippen molar-refractivity contribution in [3.8, 4) is 0 Å². The third-order valence-corrected chi connectivity index (χ3v) is 4.97. The third-order valence-electron chi connectivity index (χ3n) is 4.97. The molecule has 0 radical (unpaired) electrons. The molecule has 1 amide bonds. The molecular weight excluding hydrogens is 381 g/mol. The molecule has 0 atom stereocenters. The second kappa shape index (κ2) is 7.71. The van der Waals surface area contributed by atoms with Gasteiger partial charge in [-0.25, -0.2) is 0 Å². The number of fused-ring (bicyclic) bond motifs is 1. The molecule has 0 saturated heterocycles. The van der Waals surface area contributed by atoms with Crippen molar-refractivity contribution < 1.29 is 18.0 Å². The summed E-state index contributed by atoms with van der Waals surface area (Å²) in [4.78, 5) is 14.7. The van der Waals surface area contributed by atoms with Crippen LogP contribution in [0.5, 0.6) is 0 Å². The Kier molecular flexibility index (Phi) is 5.10. The lowest BCUT2D eigenvalue weighted by atomic mass is 10.1. The maximum absolute atomic E-state index is 12.7. The van der Waals surface area contributed by atoms with Crippen LogP contribution in [0, 0.1) is 0 Å². The summed E-state index contributed by atoms with van der Waals surface area (Å²) >= 11 is 0. The molecule has 29 heavy (non-hydrogen) atoms. The van der Waals surface area contributed by atoms with Gasteiger partial charge < -0.3 is 5.32 Å². The predicted octanol–water partition coefficient (Wildman–Crippen LogP) is 4.24. The van der Waals surface area contributed by atoms with Crippen LogP contribution in [-0.4, -0.2) is 27.5 Å². The number of carbonyl (C=O) groups is 1. The zero-order valence-electron chi connectivity index (χ0n) is 15.5. The maximum Gasteiger partial charge on any atom is 0.416 e. The Bertz CT molecular complexity index is 997. The Balaban J connectivity index is 1.42. The smallest absolute Gasteiger partial charge is 0.305 e. The quantitative estimate of drug-likeness (QED) is 0.689. The van der Waals surface area contributed by atoms with Crippen LogP contribution in [0.1, 0.15) is 32.7 Å². The molecule has 0 unspecified atom stereocenters. The van der Waals surface area contributed by atoms with E-state index >= 15 is 0 Å². The summed E-state index contributed by atoms with van der Waals surface area (Å²) in [6, 6.07) is 14.3. The first-order valence-electron chi connectivity index (χ1n) is 9.21. The molecule has 8 heteroatoms. The highest BCUT2D eigenvalue weighted by Gasteiger charge is 2.30. The van der Waals surface area contributed by atoms with Crippen molar-refractivity contribution in [2.24, 2.45) is 0 Å². The molecule has 5 nitrogen and oxygen atoms in total. The first-order valence-corrected chi connectivity index (χ1v) is 9.21. The Labute approximate surface area is 165 Å². The van der Waals surface area contributed by atoms with Crippen LogP contribution >= 0.6 is 0 Å². The highest BCUT2D eigenvalue weighted by atomic mass is 19.4. The minimum absolute atomic E-state index is 0.149. The molecule has 0 fully saturated rings. The van der Waals surface area contributed by atoms with Gasteiger partial charge in [-0.2, -0.15) is 18.3 Å². The molecule has 1 aromatic heterocycles. The number of aromatic amines is 1. The predicted molar refractivity (Wildman–Crippen MR) is 102 cm³/mol. The fraction of sp³-hybridized carbons (Fsp3) is 0.238. The van der Waals surface area contributed by atoms with Gasteiger partial charge in [0.25, 0.3) is 5.91 Å². The van der Waals surface area contributed by atoms with Crippen LogP contribution < -0.4 is 5.32 Å². The van der Waals surface area contributed by atoms with Crippen LogP contribution in [0.4, 0.5) is 19.0 Å². The average molecular weight is 400 g/mol. The number of rotatable bonds is 4. The second-order valence-electron chi connectivity index (χ2n) is 7.00. The molecule has 150 valence electrons. The van der Waals surface area contributed by atoms with Gasteiger partial charge in [0.2, 0.25) is 0 Å². The van der Waals surface area contributed by atoms with Crippen molar-refractivity contribution in [2.45, 2.75) is 25.7 Å². The van der Waals surface area contributed by atoms with E-state index in [4.69, 9.17) is 0 Å². The lowest BCUT2D eigenvalue weighted by molar-refractivity contribution is -0.137. The summed E-state index contributed by atoms with van der Waals surface area (Å²) < 4.78 is 38.0. The molecule has 2 N–H and O–H groups in total. The van der Waals surface area contributed by atoms with Crippen LogP contribution in [0.2, 0.25) is 0 Å². The molecule has 1 aliphatic rings. The van der Waals surface area contributed by atoms with Crippen LogP contribution in [0.25, 0.3) is 0 Å². The number of hydrogen-bond donors (Lipinski definition) is 2. The van der Waals surface area contributed by atoms with E-state index in [1.165, 1.54) is 17.7 Å². The second-order valence-corrected chi connectivity index (χ2v) is 7.00. The summed E-state index contributed by atoms with van der Waals surface area (Å²) in [5, 5.41) is 9.88. The van der Waals surface area contributed by atoms with Crippen molar-refractivity contribution in [1.29, 1.82) is 0 Å². The topological polar surface area (TPSA) is 61.0 Å². The molecule has 1 aliphatic heterocycles.